The second-order valence-electron chi connectivity index (χ2n) is 3.70. The van der Waals surface area contributed by atoms with Crippen molar-refractivity contribution in [3.05, 3.63) is 0 Å². The summed E-state index contributed by atoms with van der Waals surface area (Å²) in [5.74, 6) is 1.84. The number of rotatable bonds is 7. The number of carbonyl (C=O) groups excluding carboxylic acids is 2. The van der Waals surface area contributed by atoms with E-state index < -0.39 is 12.2 Å². The van der Waals surface area contributed by atoms with E-state index in [1.54, 1.807) is 0 Å². The van der Waals surface area contributed by atoms with Gasteiger partial charge in [0.1, 0.15) is 0 Å². The van der Waals surface area contributed by atoms with Crippen molar-refractivity contribution in [3.8, 4) is 0 Å². The molecule has 1 N–H and O–H groups in total. The molecule has 0 aliphatic rings. The molecule has 0 heterocycles. The molecule has 0 radical (unpaired) electrons. The van der Waals surface area contributed by atoms with Crippen molar-refractivity contribution in [1.82, 2.24) is 5.32 Å². The van der Waals surface area contributed by atoms with E-state index in [1.807, 2.05) is 19.7 Å². The van der Waals surface area contributed by atoms with Gasteiger partial charge in [-0.05, 0) is 0 Å². The SMILES string of the molecule is CCCCOC(=O)/N=C(/NC(=O)OCCCC)[Se]C. The molecule has 0 saturated heterocycles. The summed E-state index contributed by atoms with van der Waals surface area (Å²) in [5, 5.41) is 2.46. The quantitative estimate of drug-likeness (QED) is 0.335. The van der Waals surface area contributed by atoms with Crippen molar-refractivity contribution in [2.24, 2.45) is 4.99 Å². The van der Waals surface area contributed by atoms with E-state index in [0.29, 0.717) is 17.9 Å². The monoisotopic (exact) mass is 338 g/mol. The molecule has 0 saturated carbocycles. The van der Waals surface area contributed by atoms with Gasteiger partial charge in [-0.1, -0.05) is 0 Å². The van der Waals surface area contributed by atoms with Gasteiger partial charge in [0.25, 0.3) is 0 Å². The van der Waals surface area contributed by atoms with E-state index in [4.69, 9.17) is 9.47 Å². The molecule has 0 aromatic heterocycles. The number of nitrogens with zero attached hydrogens (tertiary/aromatic N) is 1. The van der Waals surface area contributed by atoms with E-state index in [0.717, 1.165) is 25.7 Å². The number of carbonyl (C=O) groups is 2. The Morgan fingerprint density at radius 3 is 2.21 bits per heavy atom. The number of hydrogen-bond acceptors (Lipinski definition) is 4. The number of hydrogen-bond donors (Lipinski definition) is 1. The van der Waals surface area contributed by atoms with Crippen molar-refractivity contribution >= 4 is 31.9 Å². The first-order chi connectivity index (χ1) is 9.13. The third-order valence-corrected chi connectivity index (χ3v) is 3.27. The molecule has 19 heavy (non-hydrogen) atoms. The Labute approximate surface area is 120 Å². The number of ether oxygens (including phenoxy) is 2. The molecule has 0 aliphatic heterocycles. The molecule has 0 fully saturated rings. The van der Waals surface area contributed by atoms with Crippen LogP contribution in [0.4, 0.5) is 9.59 Å². The number of aliphatic imine (C=N–C) groups is 1. The summed E-state index contributed by atoms with van der Waals surface area (Å²) in [6.07, 6.45) is 2.29. The summed E-state index contributed by atoms with van der Waals surface area (Å²) < 4.78 is 10.1. The minimum absolute atomic E-state index is 0.118. The Kier molecular flexibility index (Phi) is 11.3. The summed E-state index contributed by atoms with van der Waals surface area (Å²) in [4.78, 5) is 26.4. The van der Waals surface area contributed by atoms with E-state index in [1.165, 1.54) is 0 Å². The van der Waals surface area contributed by atoms with Crippen LogP contribution in [-0.4, -0.2) is 45.1 Å². The number of amides is 2. The molecule has 0 rings (SSSR count). The Bertz CT molecular complexity index is 308. The zero-order valence-electron chi connectivity index (χ0n) is 11.7. The van der Waals surface area contributed by atoms with Crippen molar-refractivity contribution in [3.63, 3.8) is 0 Å². The van der Waals surface area contributed by atoms with Gasteiger partial charge < -0.3 is 0 Å². The van der Waals surface area contributed by atoms with Crippen LogP contribution in [0.25, 0.3) is 0 Å². The van der Waals surface area contributed by atoms with Gasteiger partial charge in [-0.25, -0.2) is 0 Å². The van der Waals surface area contributed by atoms with E-state index in [9.17, 15) is 9.59 Å². The molecule has 0 bridgehead atoms. The molecule has 0 aliphatic carbocycles. The Hall–Kier alpha value is -1.07. The van der Waals surface area contributed by atoms with Crippen molar-refractivity contribution < 1.29 is 19.1 Å². The molecule has 110 valence electrons. The molecule has 0 aromatic carbocycles. The molecular weight excluding hydrogens is 315 g/mol. The standard InChI is InChI=1S/C12H22N2O4Se/c1-4-6-8-17-11(15)13-10(19-3)14-12(16)18-9-7-5-2/h4-9H2,1-3H3,(H,13,14,15,16). The molecule has 0 aromatic rings. The molecule has 0 unspecified atom stereocenters. The van der Waals surface area contributed by atoms with Crippen LogP contribution in [0.5, 0.6) is 0 Å². The molecular formula is C12H22N2O4Se. The third kappa shape index (κ3) is 10.5. The topological polar surface area (TPSA) is 77.0 Å². The molecule has 0 atom stereocenters. The molecule has 0 spiro atoms. The first-order valence-corrected chi connectivity index (χ1v) is 8.94. The van der Waals surface area contributed by atoms with Gasteiger partial charge in [-0.2, -0.15) is 0 Å². The third-order valence-electron chi connectivity index (χ3n) is 2.05. The summed E-state index contributed by atoms with van der Waals surface area (Å²) in [7, 11) is 0. The van der Waals surface area contributed by atoms with Crippen LogP contribution in [0.1, 0.15) is 39.5 Å². The van der Waals surface area contributed by atoms with Gasteiger partial charge in [-0.3, -0.25) is 0 Å². The van der Waals surface area contributed by atoms with E-state index in [-0.39, 0.29) is 15.0 Å². The number of amidine groups is 1. The van der Waals surface area contributed by atoms with Crippen LogP contribution >= 0.6 is 0 Å². The van der Waals surface area contributed by atoms with Crippen molar-refractivity contribution in [2.45, 2.75) is 45.4 Å². The Morgan fingerprint density at radius 2 is 1.68 bits per heavy atom. The first-order valence-electron chi connectivity index (χ1n) is 6.37. The normalized spacial score (nSPS) is 11.0. The van der Waals surface area contributed by atoms with Crippen molar-refractivity contribution in [2.75, 3.05) is 13.2 Å². The number of alkyl carbamates (subject to hydrolysis) is 1. The summed E-state index contributed by atoms with van der Waals surface area (Å²) in [5.41, 5.74) is 0. The minimum atomic E-state index is -0.666. The van der Waals surface area contributed by atoms with Gasteiger partial charge in [0.15, 0.2) is 0 Å². The maximum absolute atomic E-state index is 11.4. The van der Waals surface area contributed by atoms with Crippen LogP contribution in [-0.2, 0) is 9.47 Å². The second-order valence-corrected chi connectivity index (χ2v) is 5.37. The predicted octanol–water partition coefficient (Wildman–Crippen LogP) is 2.56. The average Bonchev–Trinajstić information content (AvgIpc) is 2.38. The predicted molar refractivity (Wildman–Crippen MR) is 74.7 cm³/mol. The summed E-state index contributed by atoms with van der Waals surface area (Å²) in [6, 6.07) is 0. The average molecular weight is 337 g/mol. The van der Waals surface area contributed by atoms with Crippen LogP contribution in [0.3, 0.4) is 0 Å². The zero-order chi connectivity index (χ0) is 14.5. The van der Waals surface area contributed by atoms with Crippen LogP contribution < -0.4 is 5.32 Å². The molecule has 7 heteroatoms. The van der Waals surface area contributed by atoms with Gasteiger partial charge in [0, 0.05) is 0 Å². The fourth-order valence-corrected chi connectivity index (χ4v) is 1.71. The van der Waals surface area contributed by atoms with E-state index >= 15 is 0 Å². The molecule has 6 nitrogen and oxygen atoms in total. The van der Waals surface area contributed by atoms with Gasteiger partial charge in [0.05, 0.1) is 0 Å². The molecule has 2 amide bonds. The first kappa shape index (κ1) is 17.9. The van der Waals surface area contributed by atoms with Gasteiger partial charge >= 0.3 is 120 Å². The van der Waals surface area contributed by atoms with Crippen LogP contribution in [0.15, 0.2) is 4.99 Å². The van der Waals surface area contributed by atoms with Gasteiger partial charge in [0.2, 0.25) is 0 Å². The van der Waals surface area contributed by atoms with Crippen LogP contribution in [0.2, 0.25) is 5.82 Å². The Balaban J connectivity index is 4.09. The van der Waals surface area contributed by atoms with Gasteiger partial charge in [-0.15, -0.1) is 0 Å². The summed E-state index contributed by atoms with van der Waals surface area (Å²) in [6.45, 7) is 4.73. The fourth-order valence-electron chi connectivity index (χ4n) is 0.976. The fraction of sp³-hybridized carbons (Fsp3) is 0.750. The number of nitrogens with one attached hydrogen (secondary N) is 1. The van der Waals surface area contributed by atoms with Crippen molar-refractivity contribution in [1.29, 1.82) is 0 Å². The van der Waals surface area contributed by atoms with Crippen LogP contribution in [0, 0.1) is 0 Å². The Morgan fingerprint density at radius 1 is 1.11 bits per heavy atom. The zero-order valence-corrected chi connectivity index (χ0v) is 13.4. The maximum atomic E-state index is 11.4. The summed E-state index contributed by atoms with van der Waals surface area (Å²) >= 11 is -0.118. The second kappa shape index (κ2) is 12.0. The van der Waals surface area contributed by atoms with E-state index in [2.05, 4.69) is 10.3 Å². The number of unbranched alkanes of at least 4 members (excludes halogenated alkanes) is 2.